The van der Waals surface area contributed by atoms with Gasteiger partial charge in [-0.2, -0.15) is 0 Å². The van der Waals surface area contributed by atoms with Gasteiger partial charge in [0.25, 0.3) is 0 Å². The standard InChI is InChI=1S/C31H49N2S/c1-5-6-7-8-9-10-11-12-13-14-15-20-25-33(3,4)27(2)26-32-28-21-16-18-23-30(28)34-31-24-19-17-22-29(31)32/h16-19,21-24,27H,5-15,20,25-26H2,1-4H3/q+1. The first-order chi connectivity index (χ1) is 16.5. The topological polar surface area (TPSA) is 3.24 Å². The Morgan fingerprint density at radius 3 is 1.62 bits per heavy atom. The maximum Gasteiger partial charge on any atom is 0.104 e. The Morgan fingerprint density at radius 2 is 1.12 bits per heavy atom. The lowest BCUT2D eigenvalue weighted by Gasteiger charge is -2.41. The first kappa shape index (κ1) is 27.1. The molecular weight excluding hydrogens is 432 g/mol. The van der Waals surface area contributed by atoms with Gasteiger partial charge in [-0.15, -0.1) is 0 Å². The van der Waals surface area contributed by atoms with E-state index in [0.29, 0.717) is 6.04 Å². The van der Waals surface area contributed by atoms with E-state index in [2.05, 4.69) is 81.4 Å². The third-order valence-electron chi connectivity index (χ3n) is 7.76. The van der Waals surface area contributed by atoms with Crippen molar-refractivity contribution in [1.29, 1.82) is 0 Å². The number of unbranched alkanes of at least 4 members (excludes halogenated alkanes) is 11. The SMILES string of the molecule is CCCCCCCCCCCCCC[N+](C)(C)C(C)CN1c2ccccc2Sc2ccccc21. The highest BCUT2D eigenvalue weighted by atomic mass is 32.2. The molecule has 188 valence electrons. The predicted molar refractivity (Wildman–Crippen MR) is 152 cm³/mol. The number of quaternary nitrogens is 1. The fourth-order valence-electron chi connectivity index (χ4n) is 5.04. The van der Waals surface area contributed by atoms with Gasteiger partial charge in [-0.1, -0.05) is 107 Å². The average Bonchev–Trinajstić information content (AvgIpc) is 2.84. The van der Waals surface area contributed by atoms with Crippen LogP contribution in [0, 0.1) is 0 Å². The number of likely N-dealkylation sites (N-methyl/N-ethyl adjacent to an activating group) is 1. The van der Waals surface area contributed by atoms with Gasteiger partial charge in [-0.3, -0.25) is 0 Å². The maximum atomic E-state index is 2.56. The summed E-state index contributed by atoms with van der Waals surface area (Å²) in [5, 5.41) is 0. The largest absolute Gasteiger partial charge is 0.334 e. The Bertz CT molecular complexity index is 801. The molecule has 3 rings (SSSR count). The summed E-state index contributed by atoms with van der Waals surface area (Å²) in [5.41, 5.74) is 2.73. The highest BCUT2D eigenvalue weighted by Crippen LogP contribution is 2.48. The van der Waals surface area contributed by atoms with Gasteiger partial charge >= 0.3 is 0 Å². The monoisotopic (exact) mass is 481 g/mol. The van der Waals surface area contributed by atoms with Crippen molar-refractivity contribution in [1.82, 2.24) is 0 Å². The van der Waals surface area contributed by atoms with E-state index >= 15 is 0 Å². The van der Waals surface area contributed by atoms with Crippen LogP contribution in [0.4, 0.5) is 11.4 Å². The summed E-state index contributed by atoms with van der Waals surface area (Å²) >= 11 is 1.90. The van der Waals surface area contributed by atoms with E-state index < -0.39 is 0 Å². The second kappa shape index (κ2) is 14.2. The predicted octanol–water partition coefficient (Wildman–Crippen LogP) is 9.46. The minimum Gasteiger partial charge on any atom is -0.334 e. The summed E-state index contributed by atoms with van der Waals surface area (Å²) in [6, 6.07) is 18.3. The van der Waals surface area contributed by atoms with Crippen molar-refractivity contribution in [3.63, 3.8) is 0 Å². The molecule has 1 atom stereocenters. The maximum absolute atomic E-state index is 2.56. The molecule has 1 aliphatic heterocycles. The van der Waals surface area contributed by atoms with E-state index in [4.69, 9.17) is 0 Å². The fourth-order valence-corrected chi connectivity index (χ4v) is 6.14. The van der Waals surface area contributed by atoms with Crippen LogP contribution in [0.2, 0.25) is 0 Å². The second-order valence-electron chi connectivity index (χ2n) is 10.9. The highest BCUT2D eigenvalue weighted by molar-refractivity contribution is 7.99. The molecule has 0 saturated heterocycles. The average molecular weight is 482 g/mol. The molecule has 2 aromatic carbocycles. The van der Waals surface area contributed by atoms with Gasteiger partial charge < -0.3 is 9.38 Å². The normalized spacial score (nSPS) is 14.1. The lowest BCUT2D eigenvalue weighted by atomic mass is 10.0. The van der Waals surface area contributed by atoms with Gasteiger partial charge in [0.2, 0.25) is 0 Å². The molecule has 34 heavy (non-hydrogen) atoms. The Morgan fingerprint density at radius 1 is 0.676 bits per heavy atom. The van der Waals surface area contributed by atoms with Crippen LogP contribution >= 0.6 is 11.8 Å². The van der Waals surface area contributed by atoms with Crippen molar-refractivity contribution in [3.05, 3.63) is 48.5 Å². The number of para-hydroxylation sites is 2. The molecule has 0 bridgehead atoms. The number of anilines is 2. The van der Waals surface area contributed by atoms with E-state index in [1.165, 1.54) is 105 Å². The van der Waals surface area contributed by atoms with Crippen molar-refractivity contribution < 1.29 is 4.48 Å². The van der Waals surface area contributed by atoms with E-state index in [1.54, 1.807) is 0 Å². The highest BCUT2D eigenvalue weighted by Gasteiger charge is 2.30. The molecule has 0 spiro atoms. The number of rotatable bonds is 16. The number of benzene rings is 2. The molecule has 1 aliphatic rings. The van der Waals surface area contributed by atoms with Crippen LogP contribution in [-0.4, -0.2) is 37.7 Å². The third kappa shape index (κ3) is 8.05. The molecule has 0 saturated carbocycles. The smallest absolute Gasteiger partial charge is 0.104 e. The summed E-state index contributed by atoms with van der Waals surface area (Å²) in [5.74, 6) is 0. The van der Waals surface area contributed by atoms with Gasteiger partial charge in [-0.05, 0) is 44.0 Å². The molecule has 1 unspecified atom stereocenters. The summed E-state index contributed by atoms with van der Waals surface area (Å²) in [6.45, 7) is 7.06. The first-order valence-corrected chi connectivity index (χ1v) is 14.8. The quantitative estimate of drug-likeness (QED) is 0.173. The van der Waals surface area contributed by atoms with Gasteiger partial charge in [0.15, 0.2) is 0 Å². The van der Waals surface area contributed by atoms with Crippen molar-refractivity contribution >= 4 is 23.1 Å². The molecule has 0 amide bonds. The molecule has 0 fully saturated rings. The first-order valence-electron chi connectivity index (χ1n) is 14.0. The van der Waals surface area contributed by atoms with E-state index in [-0.39, 0.29) is 0 Å². The van der Waals surface area contributed by atoms with Crippen molar-refractivity contribution in [2.75, 3.05) is 32.1 Å². The molecule has 0 radical (unpaired) electrons. The Hall–Kier alpha value is -1.45. The number of nitrogens with zero attached hydrogens (tertiary/aromatic N) is 2. The Balaban J connectivity index is 1.39. The lowest BCUT2D eigenvalue weighted by molar-refractivity contribution is -0.911. The minimum atomic E-state index is 0.567. The zero-order chi connectivity index (χ0) is 24.2. The molecule has 3 heteroatoms. The van der Waals surface area contributed by atoms with Gasteiger partial charge in [0, 0.05) is 9.79 Å². The van der Waals surface area contributed by atoms with E-state index in [1.807, 2.05) is 11.8 Å². The molecular formula is C31H49N2S+. The number of hydrogen-bond donors (Lipinski definition) is 0. The molecule has 0 N–H and O–H groups in total. The summed E-state index contributed by atoms with van der Waals surface area (Å²) < 4.78 is 1.09. The van der Waals surface area contributed by atoms with Gasteiger partial charge in [0.05, 0.1) is 38.6 Å². The third-order valence-corrected chi connectivity index (χ3v) is 8.89. The van der Waals surface area contributed by atoms with Crippen molar-refractivity contribution in [2.45, 2.75) is 107 Å². The van der Waals surface area contributed by atoms with Crippen molar-refractivity contribution in [2.24, 2.45) is 0 Å². The zero-order valence-electron chi connectivity index (χ0n) is 22.4. The Kier molecular flexibility index (Phi) is 11.3. The summed E-state index contributed by atoms with van der Waals surface area (Å²) in [6.07, 6.45) is 17.0. The van der Waals surface area contributed by atoms with Crippen molar-refractivity contribution in [3.8, 4) is 0 Å². The van der Waals surface area contributed by atoms with Crippen LogP contribution in [0.1, 0.15) is 90.9 Å². The van der Waals surface area contributed by atoms with Crippen LogP contribution in [0.25, 0.3) is 0 Å². The fraction of sp³-hybridized carbons (Fsp3) is 0.613. The van der Waals surface area contributed by atoms with Crippen LogP contribution in [0.15, 0.2) is 58.3 Å². The number of hydrogen-bond acceptors (Lipinski definition) is 2. The van der Waals surface area contributed by atoms with E-state index in [0.717, 1.165) is 11.0 Å². The van der Waals surface area contributed by atoms with E-state index in [9.17, 15) is 0 Å². The molecule has 2 aromatic rings. The van der Waals surface area contributed by atoms with Crippen LogP contribution in [0.3, 0.4) is 0 Å². The molecule has 0 aliphatic carbocycles. The minimum absolute atomic E-state index is 0.567. The summed E-state index contributed by atoms with van der Waals surface area (Å²) in [4.78, 5) is 5.31. The van der Waals surface area contributed by atoms with Crippen LogP contribution in [0.5, 0.6) is 0 Å². The Labute approximate surface area is 214 Å². The molecule has 0 aromatic heterocycles. The van der Waals surface area contributed by atoms with Crippen LogP contribution in [-0.2, 0) is 0 Å². The molecule has 1 heterocycles. The summed E-state index contributed by atoms with van der Waals surface area (Å²) in [7, 11) is 4.86. The van der Waals surface area contributed by atoms with Gasteiger partial charge in [0.1, 0.15) is 6.04 Å². The molecule has 2 nitrogen and oxygen atoms in total. The van der Waals surface area contributed by atoms with Gasteiger partial charge in [-0.25, -0.2) is 0 Å². The zero-order valence-corrected chi connectivity index (χ0v) is 23.2. The van der Waals surface area contributed by atoms with Crippen LogP contribution < -0.4 is 4.90 Å². The number of fused-ring (bicyclic) bond motifs is 2. The lowest BCUT2D eigenvalue weighted by Crippen LogP contribution is -2.52. The second-order valence-corrected chi connectivity index (χ2v) is 12.0.